The molecule has 0 aliphatic rings. The molecule has 0 N–H and O–H groups in total. The van der Waals surface area contributed by atoms with Crippen LogP contribution < -0.4 is 9.80 Å². The monoisotopic (exact) mass is 984 g/mol. The van der Waals surface area contributed by atoms with Gasteiger partial charge in [-0.1, -0.05) is 188 Å². The minimum atomic E-state index is 0.565. The van der Waals surface area contributed by atoms with Crippen LogP contribution in [0.25, 0.3) is 88.5 Å². The second-order valence-electron chi connectivity index (χ2n) is 18.9. The third-order valence-corrected chi connectivity index (χ3v) is 14.2. The molecule has 0 radical (unpaired) electrons. The number of fused-ring (bicyclic) bond motifs is 3. The summed E-state index contributed by atoms with van der Waals surface area (Å²) in [5, 5.41) is 2.15. The summed E-state index contributed by atoms with van der Waals surface area (Å²) < 4.78 is 2.26. The van der Waals surface area contributed by atoms with E-state index in [2.05, 4.69) is 256 Å². The van der Waals surface area contributed by atoms with Gasteiger partial charge < -0.3 is 14.4 Å². The first-order valence-corrected chi connectivity index (χ1v) is 25.8. The van der Waals surface area contributed by atoms with Crippen LogP contribution in [0.15, 0.2) is 291 Å². The highest BCUT2D eigenvalue weighted by Crippen LogP contribution is 2.44. The lowest BCUT2D eigenvalue weighted by Gasteiger charge is -2.26. The van der Waals surface area contributed by atoms with Gasteiger partial charge in [0.2, 0.25) is 5.69 Å². The molecule has 0 saturated heterocycles. The Labute approximate surface area is 448 Å². The van der Waals surface area contributed by atoms with E-state index in [1.54, 1.807) is 0 Å². The Balaban J connectivity index is 0.871. The molecular formula is C71H48N6. The molecule has 11 aromatic carbocycles. The van der Waals surface area contributed by atoms with Crippen LogP contribution in [0.5, 0.6) is 0 Å². The molecule has 0 fully saturated rings. The topological polar surface area (TPSA) is 41.6 Å². The average Bonchev–Trinajstić information content (AvgIpc) is 3.95. The van der Waals surface area contributed by atoms with Crippen molar-refractivity contribution in [1.29, 1.82) is 0 Å². The summed E-state index contributed by atoms with van der Waals surface area (Å²) in [6, 6.07) is 101. The Kier molecular flexibility index (Phi) is 12.2. The molecule has 2 heterocycles. The fraction of sp³-hybridized carbons (Fsp3) is 0. The molecule has 0 amide bonds. The van der Waals surface area contributed by atoms with Gasteiger partial charge >= 0.3 is 0 Å². The van der Waals surface area contributed by atoms with E-state index < -0.39 is 0 Å². The second-order valence-corrected chi connectivity index (χ2v) is 18.9. The van der Waals surface area contributed by atoms with Crippen LogP contribution in [0, 0.1) is 6.57 Å². The minimum Gasteiger partial charge on any atom is -0.319 e. The fourth-order valence-corrected chi connectivity index (χ4v) is 10.5. The molecule has 0 aliphatic carbocycles. The predicted molar refractivity (Wildman–Crippen MR) is 319 cm³/mol. The molecule has 13 aromatic rings. The van der Waals surface area contributed by atoms with Gasteiger partial charge in [0.25, 0.3) is 0 Å². The molecule has 6 heteroatoms. The van der Waals surface area contributed by atoms with E-state index >= 15 is 0 Å². The Morgan fingerprint density at radius 2 is 0.649 bits per heavy atom. The first kappa shape index (κ1) is 46.2. The van der Waals surface area contributed by atoms with Crippen LogP contribution in [-0.4, -0.2) is 14.5 Å². The molecule has 77 heavy (non-hydrogen) atoms. The quantitative estimate of drug-likeness (QED) is 0.114. The molecule has 13 rings (SSSR count). The van der Waals surface area contributed by atoms with Crippen molar-refractivity contribution in [2.45, 2.75) is 0 Å². The smallest absolute Gasteiger partial charge is 0.211 e. The van der Waals surface area contributed by atoms with Crippen molar-refractivity contribution in [3.8, 4) is 61.8 Å². The van der Waals surface area contributed by atoms with Crippen molar-refractivity contribution >= 4 is 61.6 Å². The fourth-order valence-electron chi connectivity index (χ4n) is 10.5. The zero-order chi connectivity index (χ0) is 51.5. The third-order valence-electron chi connectivity index (χ3n) is 14.2. The van der Waals surface area contributed by atoms with Crippen molar-refractivity contribution in [2.24, 2.45) is 0 Å². The van der Waals surface area contributed by atoms with Crippen LogP contribution >= 0.6 is 0 Å². The lowest BCUT2D eigenvalue weighted by Crippen LogP contribution is -2.09. The molecule has 0 spiro atoms. The lowest BCUT2D eigenvalue weighted by molar-refractivity contribution is 1.18. The molecule has 6 nitrogen and oxygen atoms in total. The van der Waals surface area contributed by atoms with Gasteiger partial charge in [-0.15, -0.1) is 0 Å². The molecule has 0 bridgehead atoms. The number of rotatable bonds is 12. The first-order chi connectivity index (χ1) is 38.1. The number of para-hydroxylation sites is 4. The van der Waals surface area contributed by atoms with E-state index in [0.717, 1.165) is 112 Å². The minimum absolute atomic E-state index is 0.565. The van der Waals surface area contributed by atoms with Gasteiger partial charge in [0.05, 0.1) is 34.7 Å². The normalized spacial score (nSPS) is 11.1. The largest absolute Gasteiger partial charge is 0.319 e. The predicted octanol–water partition coefficient (Wildman–Crippen LogP) is 19.4. The summed E-state index contributed by atoms with van der Waals surface area (Å²) in [5.74, 6) is 0.693. The van der Waals surface area contributed by atoms with Crippen LogP contribution in [0.4, 0.5) is 39.8 Å². The maximum Gasteiger partial charge on any atom is 0.211 e. The van der Waals surface area contributed by atoms with Gasteiger partial charge in [-0.05, 0) is 125 Å². The first-order valence-electron chi connectivity index (χ1n) is 25.8. The zero-order valence-corrected chi connectivity index (χ0v) is 41.9. The van der Waals surface area contributed by atoms with Crippen LogP contribution in [-0.2, 0) is 0 Å². The second kappa shape index (κ2) is 20.4. The lowest BCUT2D eigenvalue weighted by atomic mass is 9.98. The van der Waals surface area contributed by atoms with Gasteiger partial charge in [-0.2, -0.15) is 0 Å². The Morgan fingerprint density at radius 1 is 0.299 bits per heavy atom. The summed E-state index contributed by atoms with van der Waals surface area (Å²) in [7, 11) is 0. The number of anilines is 6. The highest BCUT2D eigenvalue weighted by atomic mass is 15.2. The maximum absolute atomic E-state index is 8.65. The van der Waals surface area contributed by atoms with Crippen molar-refractivity contribution in [3.05, 3.63) is 303 Å². The van der Waals surface area contributed by atoms with Gasteiger partial charge in [0, 0.05) is 61.6 Å². The van der Waals surface area contributed by atoms with E-state index in [1.165, 1.54) is 0 Å². The standard InChI is InChI=1S/C71H48N6/c1-72-67-46-56(52-34-32-50(33-35-52)51-36-38-54(39-37-51)66-49-65(53-20-8-2-9-21-53)73-71(74-66)55-22-10-3-11-23-55)40-43-70(67)77-68-44-41-61(75(57-24-12-4-13-25-57)58-26-14-5-15-27-58)47-63(68)64-48-62(42-45-69(64)77)76(59-28-16-6-17-29-59)60-30-18-7-19-31-60/h2-49H. The molecule has 0 unspecified atom stereocenters. The number of aromatic nitrogens is 3. The molecule has 0 atom stereocenters. The van der Waals surface area contributed by atoms with Crippen molar-refractivity contribution in [3.63, 3.8) is 0 Å². The highest BCUT2D eigenvalue weighted by Gasteiger charge is 2.22. The van der Waals surface area contributed by atoms with E-state index in [1.807, 2.05) is 54.6 Å². The zero-order valence-electron chi connectivity index (χ0n) is 41.9. The summed E-state index contributed by atoms with van der Waals surface area (Å²) in [5.41, 5.74) is 18.7. The molecule has 362 valence electrons. The van der Waals surface area contributed by atoms with Crippen LogP contribution in [0.1, 0.15) is 0 Å². The summed E-state index contributed by atoms with van der Waals surface area (Å²) in [6.45, 7) is 8.65. The summed E-state index contributed by atoms with van der Waals surface area (Å²) in [6.07, 6.45) is 0. The average molecular weight is 985 g/mol. The van der Waals surface area contributed by atoms with Crippen LogP contribution in [0.2, 0.25) is 0 Å². The summed E-state index contributed by atoms with van der Waals surface area (Å²) in [4.78, 5) is 18.8. The number of hydrogen-bond acceptors (Lipinski definition) is 4. The van der Waals surface area contributed by atoms with E-state index in [0.29, 0.717) is 11.5 Å². The summed E-state index contributed by atoms with van der Waals surface area (Å²) >= 11 is 0. The van der Waals surface area contributed by atoms with Crippen molar-refractivity contribution in [2.75, 3.05) is 9.80 Å². The Morgan fingerprint density at radius 3 is 1.06 bits per heavy atom. The number of nitrogens with zero attached hydrogens (tertiary/aromatic N) is 6. The number of benzene rings is 11. The van der Waals surface area contributed by atoms with Gasteiger partial charge in [-0.3, -0.25) is 0 Å². The van der Waals surface area contributed by atoms with Crippen molar-refractivity contribution < 1.29 is 0 Å². The molecule has 2 aromatic heterocycles. The van der Waals surface area contributed by atoms with E-state index in [9.17, 15) is 0 Å². The maximum atomic E-state index is 8.65. The van der Waals surface area contributed by atoms with Gasteiger partial charge in [0.15, 0.2) is 5.82 Å². The highest BCUT2D eigenvalue weighted by molar-refractivity contribution is 6.12. The van der Waals surface area contributed by atoms with E-state index in [-0.39, 0.29) is 0 Å². The van der Waals surface area contributed by atoms with Crippen molar-refractivity contribution in [1.82, 2.24) is 14.5 Å². The molecule has 0 aliphatic heterocycles. The molecular weight excluding hydrogens is 937 g/mol. The van der Waals surface area contributed by atoms with Gasteiger partial charge in [-0.25, -0.2) is 14.8 Å². The third kappa shape index (κ3) is 9.05. The number of hydrogen-bond donors (Lipinski definition) is 0. The Hall–Kier alpha value is -10.6. The van der Waals surface area contributed by atoms with Gasteiger partial charge in [0.1, 0.15) is 0 Å². The molecule has 0 saturated carbocycles. The Bertz CT molecular complexity index is 3960. The van der Waals surface area contributed by atoms with E-state index in [4.69, 9.17) is 16.5 Å². The van der Waals surface area contributed by atoms with Crippen LogP contribution in [0.3, 0.4) is 0 Å². The SMILES string of the molecule is [C-]#[N+]c1cc(-c2ccc(-c3ccc(-c4cc(-c5ccccc5)nc(-c5ccccc5)n4)cc3)cc2)ccc1-n1c2ccc(N(c3ccccc3)c3ccccc3)cc2c2cc(N(c3ccccc3)c3ccccc3)ccc21.